The summed E-state index contributed by atoms with van der Waals surface area (Å²) in [5.74, 6) is 3.60. The SMILES string of the molecule is CCC(C)C(C)CCC(C)CC(C)C. The normalized spacial score (nSPS) is 18.2. The molecule has 0 saturated heterocycles. The Morgan fingerprint density at radius 3 is 1.79 bits per heavy atom. The van der Waals surface area contributed by atoms with Crippen LogP contribution in [0.25, 0.3) is 0 Å². The molecule has 3 atom stereocenters. The van der Waals surface area contributed by atoms with Crippen molar-refractivity contribution in [2.75, 3.05) is 0 Å². The van der Waals surface area contributed by atoms with Gasteiger partial charge in [-0.2, -0.15) is 0 Å². The molecule has 86 valence electrons. The predicted octanol–water partition coefficient (Wildman–Crippen LogP) is 5.13. The van der Waals surface area contributed by atoms with E-state index in [0.29, 0.717) is 0 Å². The van der Waals surface area contributed by atoms with Crippen LogP contribution in [0.4, 0.5) is 0 Å². The zero-order chi connectivity index (χ0) is 11.1. The van der Waals surface area contributed by atoms with Gasteiger partial charge in [0.1, 0.15) is 0 Å². The molecule has 0 heteroatoms. The second-order valence-corrected chi connectivity index (χ2v) is 5.67. The van der Waals surface area contributed by atoms with Gasteiger partial charge in [0.05, 0.1) is 0 Å². The number of rotatable bonds is 7. The van der Waals surface area contributed by atoms with E-state index in [0.717, 1.165) is 23.7 Å². The fourth-order valence-electron chi connectivity index (χ4n) is 2.16. The number of hydrogen-bond donors (Lipinski definition) is 0. The first-order valence-corrected chi connectivity index (χ1v) is 6.47. The van der Waals surface area contributed by atoms with Crippen LogP contribution in [0.5, 0.6) is 0 Å². The molecule has 0 nitrogen and oxygen atoms in total. The van der Waals surface area contributed by atoms with Gasteiger partial charge in [0, 0.05) is 0 Å². The molecule has 14 heavy (non-hydrogen) atoms. The van der Waals surface area contributed by atoms with Gasteiger partial charge in [-0.3, -0.25) is 0 Å². The summed E-state index contributed by atoms with van der Waals surface area (Å²) in [6.07, 6.45) is 5.57. The molecule has 0 amide bonds. The van der Waals surface area contributed by atoms with E-state index in [1.54, 1.807) is 0 Å². The molecule has 0 bridgehead atoms. The van der Waals surface area contributed by atoms with Crippen molar-refractivity contribution >= 4 is 0 Å². The van der Waals surface area contributed by atoms with E-state index >= 15 is 0 Å². The lowest BCUT2D eigenvalue weighted by Gasteiger charge is -2.21. The zero-order valence-electron chi connectivity index (χ0n) is 11.1. The summed E-state index contributed by atoms with van der Waals surface area (Å²) >= 11 is 0. The van der Waals surface area contributed by atoms with Gasteiger partial charge >= 0.3 is 0 Å². The van der Waals surface area contributed by atoms with Crippen molar-refractivity contribution in [1.29, 1.82) is 0 Å². The van der Waals surface area contributed by atoms with Gasteiger partial charge in [0.2, 0.25) is 0 Å². The quantitative estimate of drug-likeness (QED) is 0.532. The van der Waals surface area contributed by atoms with Crippen LogP contribution in [0.2, 0.25) is 0 Å². The molecule has 0 fully saturated rings. The molecule has 0 aromatic heterocycles. The van der Waals surface area contributed by atoms with Gasteiger partial charge in [-0.25, -0.2) is 0 Å². The molecule has 0 spiro atoms. The molecule has 0 aromatic carbocycles. The Hall–Kier alpha value is 0. The van der Waals surface area contributed by atoms with E-state index in [2.05, 4.69) is 41.5 Å². The third-order valence-electron chi connectivity index (χ3n) is 3.60. The van der Waals surface area contributed by atoms with Crippen LogP contribution in [-0.2, 0) is 0 Å². The standard InChI is InChI=1S/C14H30/c1-7-13(5)14(6)9-8-12(4)10-11(2)3/h11-14H,7-10H2,1-6H3. The average Bonchev–Trinajstić information content (AvgIpc) is 2.11. The maximum absolute atomic E-state index is 2.41. The van der Waals surface area contributed by atoms with E-state index in [1.165, 1.54) is 25.7 Å². The fraction of sp³-hybridized carbons (Fsp3) is 1.00. The Morgan fingerprint density at radius 2 is 1.36 bits per heavy atom. The first kappa shape index (κ1) is 14.0. The van der Waals surface area contributed by atoms with Crippen LogP contribution in [0.1, 0.15) is 67.2 Å². The first-order valence-electron chi connectivity index (χ1n) is 6.47. The van der Waals surface area contributed by atoms with Crippen LogP contribution in [0, 0.1) is 23.7 Å². The molecule has 0 aromatic rings. The van der Waals surface area contributed by atoms with Crippen molar-refractivity contribution in [3.05, 3.63) is 0 Å². The van der Waals surface area contributed by atoms with E-state index in [9.17, 15) is 0 Å². The fourth-order valence-corrected chi connectivity index (χ4v) is 2.16. The van der Waals surface area contributed by atoms with Crippen molar-refractivity contribution in [3.8, 4) is 0 Å². The van der Waals surface area contributed by atoms with Gasteiger partial charge < -0.3 is 0 Å². The van der Waals surface area contributed by atoms with Crippen LogP contribution < -0.4 is 0 Å². The van der Waals surface area contributed by atoms with E-state index in [1.807, 2.05) is 0 Å². The molecule has 0 aliphatic carbocycles. The smallest absolute Gasteiger partial charge is 0.0417 e. The highest BCUT2D eigenvalue weighted by Crippen LogP contribution is 2.24. The highest BCUT2D eigenvalue weighted by molar-refractivity contribution is 4.64. The second-order valence-electron chi connectivity index (χ2n) is 5.67. The van der Waals surface area contributed by atoms with Crippen LogP contribution in [-0.4, -0.2) is 0 Å². The molecule has 3 unspecified atom stereocenters. The molecular weight excluding hydrogens is 168 g/mol. The summed E-state index contributed by atoms with van der Waals surface area (Å²) in [6.45, 7) is 14.2. The Labute approximate surface area is 91.5 Å². The van der Waals surface area contributed by atoms with Crippen molar-refractivity contribution in [3.63, 3.8) is 0 Å². The van der Waals surface area contributed by atoms with E-state index in [4.69, 9.17) is 0 Å². The Bertz CT molecular complexity index is 126. The topological polar surface area (TPSA) is 0 Å². The van der Waals surface area contributed by atoms with Crippen LogP contribution in [0.15, 0.2) is 0 Å². The molecule has 0 aliphatic heterocycles. The Kier molecular flexibility index (Phi) is 7.31. The van der Waals surface area contributed by atoms with Gasteiger partial charge in [-0.15, -0.1) is 0 Å². The Balaban J connectivity index is 3.60. The van der Waals surface area contributed by atoms with Gasteiger partial charge in [0.15, 0.2) is 0 Å². The molecule has 0 heterocycles. The van der Waals surface area contributed by atoms with Gasteiger partial charge in [-0.05, 0) is 30.1 Å². The van der Waals surface area contributed by atoms with E-state index in [-0.39, 0.29) is 0 Å². The molecule has 0 rings (SSSR count). The van der Waals surface area contributed by atoms with Gasteiger partial charge in [-0.1, -0.05) is 60.8 Å². The van der Waals surface area contributed by atoms with Crippen molar-refractivity contribution < 1.29 is 0 Å². The van der Waals surface area contributed by atoms with Crippen molar-refractivity contribution in [2.24, 2.45) is 23.7 Å². The van der Waals surface area contributed by atoms with Gasteiger partial charge in [0.25, 0.3) is 0 Å². The molecule has 0 saturated carbocycles. The predicted molar refractivity (Wildman–Crippen MR) is 66.5 cm³/mol. The zero-order valence-corrected chi connectivity index (χ0v) is 11.1. The van der Waals surface area contributed by atoms with Crippen LogP contribution >= 0.6 is 0 Å². The summed E-state index contributed by atoms with van der Waals surface area (Å²) in [6, 6.07) is 0. The lowest BCUT2D eigenvalue weighted by Crippen LogP contribution is -2.09. The minimum Gasteiger partial charge on any atom is -0.0651 e. The largest absolute Gasteiger partial charge is 0.0651 e. The average molecular weight is 198 g/mol. The monoisotopic (exact) mass is 198 g/mol. The molecule has 0 radical (unpaired) electrons. The summed E-state index contributed by atoms with van der Waals surface area (Å²) in [5, 5.41) is 0. The summed E-state index contributed by atoms with van der Waals surface area (Å²) in [5.41, 5.74) is 0. The van der Waals surface area contributed by atoms with Crippen LogP contribution in [0.3, 0.4) is 0 Å². The summed E-state index contributed by atoms with van der Waals surface area (Å²) < 4.78 is 0. The molecular formula is C14H30. The molecule has 0 N–H and O–H groups in total. The highest BCUT2D eigenvalue weighted by Gasteiger charge is 2.12. The van der Waals surface area contributed by atoms with Crippen molar-refractivity contribution in [2.45, 2.75) is 67.2 Å². The minimum absolute atomic E-state index is 0.865. The van der Waals surface area contributed by atoms with E-state index < -0.39 is 0 Å². The first-order chi connectivity index (χ1) is 6.47. The third-order valence-corrected chi connectivity index (χ3v) is 3.60. The number of hydrogen-bond acceptors (Lipinski definition) is 0. The lowest BCUT2D eigenvalue weighted by molar-refractivity contribution is 0.308. The Morgan fingerprint density at radius 1 is 0.786 bits per heavy atom. The van der Waals surface area contributed by atoms with Crippen molar-refractivity contribution in [1.82, 2.24) is 0 Å². The molecule has 0 aliphatic rings. The lowest BCUT2D eigenvalue weighted by atomic mass is 9.85. The summed E-state index contributed by atoms with van der Waals surface area (Å²) in [7, 11) is 0. The second kappa shape index (κ2) is 7.31. The maximum atomic E-state index is 2.41. The maximum Gasteiger partial charge on any atom is -0.0417 e. The third kappa shape index (κ3) is 6.45. The minimum atomic E-state index is 0.865. The summed E-state index contributed by atoms with van der Waals surface area (Å²) in [4.78, 5) is 0. The highest BCUT2D eigenvalue weighted by atomic mass is 14.2.